The van der Waals surface area contributed by atoms with Gasteiger partial charge in [0.15, 0.2) is 0 Å². The van der Waals surface area contributed by atoms with Crippen molar-refractivity contribution in [3.05, 3.63) is 57.7 Å². The summed E-state index contributed by atoms with van der Waals surface area (Å²) in [6.07, 6.45) is 1.97. The number of sulfonamides is 1. The second-order valence-electron chi connectivity index (χ2n) is 7.15. The zero-order valence-electron chi connectivity index (χ0n) is 15.9. The Balaban J connectivity index is 1.63. The number of amides is 1. The van der Waals surface area contributed by atoms with Gasteiger partial charge in [0.25, 0.3) is 10.0 Å². The lowest BCUT2D eigenvalue weighted by atomic mass is 10.2. The molecule has 1 saturated heterocycles. The number of fused-ring (bicyclic) bond motifs is 1. The minimum absolute atomic E-state index is 0.0214. The molecule has 1 amide bonds. The molecule has 4 rings (SSSR count). The average Bonchev–Trinajstić information content (AvgIpc) is 3.30. The molecule has 0 radical (unpaired) electrons. The Hall–Kier alpha value is -2.65. The molecule has 7 nitrogen and oxygen atoms in total. The average molecular weight is 432 g/mol. The Bertz CT molecular complexity index is 1240. The molecule has 0 saturated carbocycles. The normalized spacial score (nSPS) is 14.4. The molecular formula is C20H21N3O4S2. The fraction of sp³-hybridized carbons (Fsp3) is 0.300. The van der Waals surface area contributed by atoms with E-state index in [4.69, 9.17) is 0 Å². The molecule has 0 bridgehead atoms. The highest BCUT2D eigenvalue weighted by Crippen LogP contribution is 2.24. The molecule has 0 atom stereocenters. The molecule has 1 aliphatic rings. The number of benzene rings is 2. The van der Waals surface area contributed by atoms with Gasteiger partial charge in [-0.3, -0.25) is 18.9 Å². The molecule has 2 heterocycles. The number of likely N-dealkylation sites (tertiary alicyclic amines) is 1. The molecule has 3 aromatic rings. The fourth-order valence-electron chi connectivity index (χ4n) is 3.49. The summed E-state index contributed by atoms with van der Waals surface area (Å²) in [4.78, 5) is 26.4. The number of hydrogen-bond donors (Lipinski definition) is 1. The van der Waals surface area contributed by atoms with Gasteiger partial charge < -0.3 is 4.90 Å². The number of aromatic nitrogens is 1. The lowest BCUT2D eigenvalue weighted by Gasteiger charge is -2.15. The van der Waals surface area contributed by atoms with Crippen molar-refractivity contribution in [1.29, 1.82) is 0 Å². The van der Waals surface area contributed by atoms with Gasteiger partial charge in [0, 0.05) is 18.8 Å². The third kappa shape index (κ3) is 4.06. The van der Waals surface area contributed by atoms with Gasteiger partial charge in [-0.2, -0.15) is 0 Å². The van der Waals surface area contributed by atoms with Crippen LogP contribution in [0.2, 0.25) is 0 Å². The number of anilines is 1. The number of carbonyl (C=O) groups excluding carboxylic acids is 1. The van der Waals surface area contributed by atoms with Crippen LogP contribution >= 0.6 is 11.3 Å². The standard InChI is InChI=1S/C20H21N3O4S2/c1-14-5-4-6-15(11-14)21-29(26,27)16-7-8-17-18(12-16)28-20(25)23(17)13-19(24)22-9-2-3-10-22/h4-8,11-12,21H,2-3,9-10,13H2,1H3. The molecule has 29 heavy (non-hydrogen) atoms. The van der Waals surface area contributed by atoms with Gasteiger partial charge >= 0.3 is 4.87 Å². The minimum atomic E-state index is -3.79. The van der Waals surface area contributed by atoms with Crippen molar-refractivity contribution in [3.8, 4) is 0 Å². The summed E-state index contributed by atoms with van der Waals surface area (Å²) in [6, 6.07) is 11.6. The zero-order valence-corrected chi connectivity index (χ0v) is 17.6. The number of thiazole rings is 1. The fourth-order valence-corrected chi connectivity index (χ4v) is 5.57. The van der Waals surface area contributed by atoms with Crippen LogP contribution in [0.4, 0.5) is 5.69 Å². The predicted molar refractivity (Wildman–Crippen MR) is 114 cm³/mol. The highest BCUT2D eigenvalue weighted by molar-refractivity contribution is 7.92. The quantitative estimate of drug-likeness (QED) is 0.673. The number of aryl methyl sites for hydroxylation is 1. The van der Waals surface area contributed by atoms with E-state index in [0.717, 1.165) is 42.8 Å². The van der Waals surface area contributed by atoms with Crippen LogP contribution in [0.5, 0.6) is 0 Å². The summed E-state index contributed by atoms with van der Waals surface area (Å²) >= 11 is 0.947. The summed E-state index contributed by atoms with van der Waals surface area (Å²) in [7, 11) is -3.79. The van der Waals surface area contributed by atoms with Crippen molar-refractivity contribution >= 4 is 43.2 Å². The van der Waals surface area contributed by atoms with Crippen molar-refractivity contribution in [2.45, 2.75) is 31.2 Å². The SMILES string of the molecule is Cc1cccc(NS(=O)(=O)c2ccc3c(c2)sc(=O)n3CC(=O)N2CCCC2)c1. The first kappa shape index (κ1) is 19.7. The van der Waals surface area contributed by atoms with Crippen LogP contribution in [-0.2, 0) is 21.4 Å². The maximum Gasteiger partial charge on any atom is 0.308 e. The lowest BCUT2D eigenvalue weighted by molar-refractivity contribution is -0.130. The van der Waals surface area contributed by atoms with Crippen molar-refractivity contribution in [2.75, 3.05) is 17.8 Å². The van der Waals surface area contributed by atoms with Crippen molar-refractivity contribution in [2.24, 2.45) is 0 Å². The zero-order chi connectivity index (χ0) is 20.6. The Kier molecular flexibility index (Phi) is 5.18. The highest BCUT2D eigenvalue weighted by Gasteiger charge is 2.21. The van der Waals surface area contributed by atoms with Gasteiger partial charge in [-0.15, -0.1) is 0 Å². The number of hydrogen-bond acceptors (Lipinski definition) is 5. The molecule has 0 aliphatic carbocycles. The van der Waals surface area contributed by atoms with E-state index < -0.39 is 10.0 Å². The van der Waals surface area contributed by atoms with Crippen LogP contribution in [0.3, 0.4) is 0 Å². The van der Waals surface area contributed by atoms with Gasteiger partial charge in [-0.05, 0) is 55.7 Å². The first-order valence-electron chi connectivity index (χ1n) is 9.34. The highest BCUT2D eigenvalue weighted by atomic mass is 32.2. The summed E-state index contributed by atoms with van der Waals surface area (Å²) in [5.74, 6) is -0.0814. The molecule has 1 aromatic heterocycles. The van der Waals surface area contributed by atoms with E-state index in [1.807, 2.05) is 13.0 Å². The third-order valence-electron chi connectivity index (χ3n) is 4.97. The van der Waals surface area contributed by atoms with E-state index in [9.17, 15) is 18.0 Å². The molecule has 152 valence electrons. The monoisotopic (exact) mass is 431 g/mol. The summed E-state index contributed by atoms with van der Waals surface area (Å²) < 4.78 is 30.0. The van der Waals surface area contributed by atoms with Crippen LogP contribution in [0.15, 0.2) is 52.2 Å². The van der Waals surface area contributed by atoms with Crippen LogP contribution in [0.25, 0.3) is 10.2 Å². The lowest BCUT2D eigenvalue weighted by Crippen LogP contribution is -2.33. The molecule has 1 N–H and O–H groups in total. The van der Waals surface area contributed by atoms with E-state index in [0.29, 0.717) is 15.9 Å². The first-order valence-corrected chi connectivity index (χ1v) is 11.6. The summed E-state index contributed by atoms with van der Waals surface area (Å²) in [5.41, 5.74) is 1.99. The molecule has 0 spiro atoms. The van der Waals surface area contributed by atoms with Gasteiger partial charge in [-0.1, -0.05) is 23.5 Å². The smallest absolute Gasteiger partial charge is 0.308 e. The van der Waals surface area contributed by atoms with Gasteiger partial charge in [0.2, 0.25) is 5.91 Å². The topological polar surface area (TPSA) is 88.5 Å². The molecule has 9 heteroatoms. The van der Waals surface area contributed by atoms with Gasteiger partial charge in [-0.25, -0.2) is 8.42 Å². The van der Waals surface area contributed by atoms with Crippen LogP contribution in [-0.4, -0.2) is 36.9 Å². The Morgan fingerprint density at radius 1 is 1.14 bits per heavy atom. The number of nitrogens with one attached hydrogen (secondary N) is 1. The minimum Gasteiger partial charge on any atom is -0.341 e. The second kappa shape index (κ2) is 7.64. The van der Waals surface area contributed by atoms with E-state index in [2.05, 4.69) is 4.72 Å². The molecular weight excluding hydrogens is 410 g/mol. The van der Waals surface area contributed by atoms with Crippen LogP contribution in [0.1, 0.15) is 18.4 Å². The second-order valence-corrected chi connectivity index (χ2v) is 9.82. The largest absolute Gasteiger partial charge is 0.341 e. The third-order valence-corrected chi connectivity index (χ3v) is 7.29. The maximum atomic E-state index is 12.7. The van der Waals surface area contributed by atoms with E-state index in [-0.39, 0.29) is 22.2 Å². The first-order chi connectivity index (χ1) is 13.8. The number of carbonyl (C=O) groups is 1. The van der Waals surface area contributed by atoms with Gasteiger partial charge in [0.05, 0.1) is 15.1 Å². The predicted octanol–water partition coefficient (Wildman–Crippen LogP) is 2.79. The maximum absolute atomic E-state index is 12.7. The van der Waals surface area contributed by atoms with Crippen LogP contribution in [0, 0.1) is 6.92 Å². The Morgan fingerprint density at radius 3 is 2.62 bits per heavy atom. The van der Waals surface area contributed by atoms with Crippen molar-refractivity contribution in [3.63, 3.8) is 0 Å². The molecule has 1 fully saturated rings. The summed E-state index contributed by atoms with van der Waals surface area (Å²) in [5, 5.41) is 0. The van der Waals surface area contributed by atoms with E-state index in [1.165, 1.54) is 16.7 Å². The molecule has 1 aliphatic heterocycles. The van der Waals surface area contributed by atoms with Crippen molar-refractivity contribution in [1.82, 2.24) is 9.47 Å². The van der Waals surface area contributed by atoms with Crippen molar-refractivity contribution < 1.29 is 13.2 Å². The number of nitrogens with zero attached hydrogens (tertiary/aromatic N) is 2. The molecule has 0 unspecified atom stereocenters. The Morgan fingerprint density at radius 2 is 1.90 bits per heavy atom. The van der Waals surface area contributed by atoms with Crippen LogP contribution < -0.4 is 9.60 Å². The van der Waals surface area contributed by atoms with E-state index in [1.54, 1.807) is 29.2 Å². The molecule has 2 aromatic carbocycles. The number of rotatable bonds is 5. The van der Waals surface area contributed by atoms with E-state index >= 15 is 0 Å². The Labute approximate surface area is 172 Å². The van der Waals surface area contributed by atoms with Gasteiger partial charge in [0.1, 0.15) is 6.54 Å². The summed E-state index contributed by atoms with van der Waals surface area (Å²) in [6.45, 7) is 3.31.